The highest BCUT2D eigenvalue weighted by Gasteiger charge is 2.24. The molecule has 0 unspecified atom stereocenters. The summed E-state index contributed by atoms with van der Waals surface area (Å²) in [5.74, 6) is -0.196. The number of esters is 1. The molecule has 1 aliphatic heterocycles. The molecule has 0 N–H and O–H groups in total. The fraction of sp³-hybridized carbons (Fsp3) is 0.400. The van der Waals surface area contributed by atoms with Gasteiger partial charge in [0.1, 0.15) is 0 Å². The van der Waals surface area contributed by atoms with Gasteiger partial charge in [0.05, 0.1) is 17.7 Å². The van der Waals surface area contributed by atoms with E-state index in [4.69, 9.17) is 4.74 Å². The molecule has 3 nitrogen and oxygen atoms in total. The first kappa shape index (κ1) is 11.3. The van der Waals surface area contributed by atoms with Crippen molar-refractivity contribution < 1.29 is 9.53 Å². The van der Waals surface area contributed by atoms with Crippen molar-refractivity contribution in [1.29, 1.82) is 0 Å². The monoisotopic (exact) mass is 243 g/mol. The lowest BCUT2D eigenvalue weighted by atomic mass is 10.0. The first-order valence-electron chi connectivity index (χ1n) is 6.52. The van der Waals surface area contributed by atoms with Crippen LogP contribution in [0.15, 0.2) is 18.2 Å². The zero-order chi connectivity index (χ0) is 12.7. The molecule has 0 radical (unpaired) electrons. The Morgan fingerprint density at radius 2 is 2.28 bits per heavy atom. The van der Waals surface area contributed by atoms with E-state index in [1.165, 1.54) is 11.1 Å². The summed E-state index contributed by atoms with van der Waals surface area (Å²) < 4.78 is 7.45. The van der Waals surface area contributed by atoms with Crippen molar-refractivity contribution >= 4 is 16.9 Å². The quantitative estimate of drug-likeness (QED) is 0.759. The maximum atomic E-state index is 12.1. The number of ether oxygens (including phenoxy) is 1. The van der Waals surface area contributed by atoms with Crippen molar-refractivity contribution in [3.05, 3.63) is 35.0 Å². The minimum absolute atomic E-state index is 0.196. The first-order chi connectivity index (χ1) is 8.74. The molecule has 0 atom stereocenters. The third-order valence-electron chi connectivity index (χ3n) is 3.73. The van der Waals surface area contributed by atoms with Gasteiger partial charge in [0.2, 0.25) is 0 Å². The maximum absolute atomic E-state index is 12.1. The van der Waals surface area contributed by atoms with Crippen LogP contribution in [-0.4, -0.2) is 17.1 Å². The fourth-order valence-electron chi connectivity index (χ4n) is 2.98. The Hall–Kier alpha value is -1.77. The van der Waals surface area contributed by atoms with E-state index in [9.17, 15) is 4.79 Å². The smallest absolute Gasteiger partial charge is 0.340 e. The number of nitrogens with zero attached hydrogens (tertiary/aromatic N) is 1. The Labute approximate surface area is 106 Å². The summed E-state index contributed by atoms with van der Waals surface area (Å²) >= 11 is 0. The van der Waals surface area contributed by atoms with Crippen LogP contribution in [-0.2, 0) is 17.7 Å². The molecule has 0 saturated heterocycles. The van der Waals surface area contributed by atoms with Gasteiger partial charge in [-0.3, -0.25) is 0 Å². The second-order valence-corrected chi connectivity index (χ2v) is 4.75. The number of aryl methyl sites for hydroxylation is 2. The number of carbonyl (C=O) groups is 1. The molecular weight excluding hydrogens is 226 g/mol. The van der Waals surface area contributed by atoms with Crippen LogP contribution in [0.1, 0.15) is 35.0 Å². The molecule has 18 heavy (non-hydrogen) atoms. The Morgan fingerprint density at radius 3 is 3.06 bits per heavy atom. The molecule has 0 amide bonds. The number of rotatable bonds is 2. The lowest BCUT2D eigenvalue weighted by Gasteiger charge is -2.16. The van der Waals surface area contributed by atoms with Gasteiger partial charge in [0.15, 0.2) is 0 Å². The molecule has 3 rings (SSSR count). The van der Waals surface area contributed by atoms with Crippen LogP contribution < -0.4 is 0 Å². The van der Waals surface area contributed by atoms with Crippen LogP contribution in [0.4, 0.5) is 0 Å². The Bertz CT molecular complexity index is 625. The summed E-state index contributed by atoms with van der Waals surface area (Å²) in [5.41, 5.74) is 4.35. The minimum atomic E-state index is -0.196. The van der Waals surface area contributed by atoms with E-state index in [1.54, 1.807) is 0 Å². The summed E-state index contributed by atoms with van der Waals surface area (Å²) in [5, 5.41) is 1.04. The van der Waals surface area contributed by atoms with Crippen LogP contribution in [0, 0.1) is 6.92 Å². The molecule has 2 heterocycles. The molecule has 3 heteroatoms. The van der Waals surface area contributed by atoms with Gasteiger partial charge in [-0.05, 0) is 32.3 Å². The molecule has 0 spiro atoms. The number of hydrogen-bond acceptors (Lipinski definition) is 2. The predicted molar refractivity (Wildman–Crippen MR) is 71.0 cm³/mol. The SMILES string of the molecule is CCOC(=O)c1c(C)n2c3c(cccc13)CCC2. The van der Waals surface area contributed by atoms with Crippen LogP contribution in [0.25, 0.3) is 10.9 Å². The molecule has 1 aliphatic rings. The standard InChI is InChI=1S/C15H17NO2/c1-3-18-15(17)13-10(2)16-9-5-7-11-6-4-8-12(13)14(11)16/h4,6,8H,3,5,7,9H2,1-2H3. The third kappa shape index (κ3) is 1.47. The Balaban J connectivity index is 2.30. The highest BCUT2D eigenvalue weighted by atomic mass is 16.5. The highest BCUT2D eigenvalue weighted by molar-refractivity contribution is 6.06. The van der Waals surface area contributed by atoms with Crippen molar-refractivity contribution in [2.24, 2.45) is 0 Å². The van der Waals surface area contributed by atoms with E-state index in [2.05, 4.69) is 10.6 Å². The number of para-hydroxylation sites is 1. The molecule has 0 saturated carbocycles. The summed E-state index contributed by atoms with van der Waals surface area (Å²) in [6.07, 6.45) is 2.24. The van der Waals surface area contributed by atoms with Crippen molar-refractivity contribution in [3.63, 3.8) is 0 Å². The second-order valence-electron chi connectivity index (χ2n) is 4.75. The second kappa shape index (κ2) is 4.16. The van der Waals surface area contributed by atoms with E-state index in [-0.39, 0.29) is 5.97 Å². The van der Waals surface area contributed by atoms with Crippen molar-refractivity contribution in [3.8, 4) is 0 Å². The maximum Gasteiger partial charge on any atom is 0.340 e. The minimum Gasteiger partial charge on any atom is -0.462 e. The van der Waals surface area contributed by atoms with Gasteiger partial charge < -0.3 is 9.30 Å². The number of benzene rings is 1. The average Bonchev–Trinajstić information content (AvgIpc) is 2.66. The molecular formula is C15H17NO2. The Kier molecular flexibility index (Phi) is 2.62. The van der Waals surface area contributed by atoms with Gasteiger partial charge in [0, 0.05) is 17.6 Å². The third-order valence-corrected chi connectivity index (χ3v) is 3.73. The number of aromatic nitrogens is 1. The van der Waals surface area contributed by atoms with Crippen LogP contribution in [0.5, 0.6) is 0 Å². The summed E-state index contributed by atoms with van der Waals surface area (Å²) in [4.78, 5) is 12.1. The molecule has 0 bridgehead atoms. The summed E-state index contributed by atoms with van der Waals surface area (Å²) in [7, 11) is 0. The van der Waals surface area contributed by atoms with Gasteiger partial charge in [-0.25, -0.2) is 4.79 Å². The topological polar surface area (TPSA) is 31.2 Å². The van der Waals surface area contributed by atoms with Crippen LogP contribution in [0.3, 0.4) is 0 Å². The fourth-order valence-corrected chi connectivity index (χ4v) is 2.98. The molecule has 94 valence electrons. The van der Waals surface area contributed by atoms with E-state index >= 15 is 0 Å². The van der Waals surface area contributed by atoms with Crippen molar-refractivity contribution in [2.45, 2.75) is 33.2 Å². The van der Waals surface area contributed by atoms with Crippen molar-refractivity contribution in [2.75, 3.05) is 6.61 Å². The molecule has 1 aromatic heterocycles. The van der Waals surface area contributed by atoms with Crippen LogP contribution >= 0.6 is 0 Å². The normalized spacial score (nSPS) is 13.9. The van der Waals surface area contributed by atoms with E-state index in [1.807, 2.05) is 26.0 Å². The van der Waals surface area contributed by atoms with Gasteiger partial charge in [-0.15, -0.1) is 0 Å². The molecule has 2 aromatic rings. The Morgan fingerprint density at radius 1 is 1.44 bits per heavy atom. The van der Waals surface area contributed by atoms with Crippen LogP contribution in [0.2, 0.25) is 0 Å². The van der Waals surface area contributed by atoms with Gasteiger partial charge in [-0.2, -0.15) is 0 Å². The average molecular weight is 243 g/mol. The van der Waals surface area contributed by atoms with Gasteiger partial charge >= 0.3 is 5.97 Å². The molecule has 1 aromatic carbocycles. The number of carbonyl (C=O) groups excluding carboxylic acids is 1. The van der Waals surface area contributed by atoms with Gasteiger partial charge in [-0.1, -0.05) is 18.2 Å². The lowest BCUT2D eigenvalue weighted by Crippen LogP contribution is -2.10. The zero-order valence-electron chi connectivity index (χ0n) is 10.8. The zero-order valence-corrected chi connectivity index (χ0v) is 10.8. The van der Waals surface area contributed by atoms with Crippen molar-refractivity contribution in [1.82, 2.24) is 4.57 Å². The van der Waals surface area contributed by atoms with E-state index in [0.29, 0.717) is 6.61 Å². The van der Waals surface area contributed by atoms with E-state index in [0.717, 1.165) is 36.0 Å². The molecule has 0 fully saturated rings. The lowest BCUT2D eigenvalue weighted by molar-refractivity contribution is 0.0527. The highest BCUT2D eigenvalue weighted by Crippen LogP contribution is 2.32. The predicted octanol–water partition coefficient (Wildman–Crippen LogP) is 3.07. The number of hydrogen-bond donors (Lipinski definition) is 0. The first-order valence-corrected chi connectivity index (χ1v) is 6.52. The van der Waals surface area contributed by atoms with E-state index < -0.39 is 0 Å². The largest absolute Gasteiger partial charge is 0.462 e. The van der Waals surface area contributed by atoms with Gasteiger partial charge in [0.25, 0.3) is 0 Å². The summed E-state index contributed by atoms with van der Waals surface area (Å²) in [6, 6.07) is 6.22. The summed E-state index contributed by atoms with van der Waals surface area (Å²) in [6.45, 7) is 5.28. The molecule has 0 aliphatic carbocycles.